The molecule has 1 N–H and O–H groups in total. The van der Waals surface area contributed by atoms with Crippen molar-refractivity contribution in [3.8, 4) is 68.7 Å². The molecular formula is C90H117F3N14O14S3. The molecule has 2 saturated carbocycles. The number of methoxy groups -OCH3 is 3. The third-order valence-electron chi connectivity index (χ3n) is 24.6. The highest BCUT2D eigenvalue weighted by Gasteiger charge is 2.42. The number of piperidine rings is 4. The molecule has 670 valence electrons. The average Bonchev–Trinajstić information content (AvgIpc) is 0.762. The summed E-state index contributed by atoms with van der Waals surface area (Å²) in [6.45, 7) is 14.0. The number of benzene rings is 3. The van der Waals surface area contributed by atoms with Gasteiger partial charge in [0.05, 0.1) is 73.5 Å². The highest BCUT2D eigenvalue weighted by Crippen LogP contribution is 2.45. The summed E-state index contributed by atoms with van der Waals surface area (Å²) in [5.74, 6) is 1.41. The molecule has 9 aromatic rings. The van der Waals surface area contributed by atoms with E-state index >= 15 is 13.2 Å². The van der Waals surface area contributed by atoms with Crippen LogP contribution in [-0.4, -0.2) is 240 Å². The van der Waals surface area contributed by atoms with E-state index in [-0.39, 0.29) is 66.6 Å². The first-order valence-electron chi connectivity index (χ1n) is 43.2. The molecule has 17 rings (SSSR count). The maximum Gasteiger partial charge on any atom is 0.226 e. The fourth-order valence-electron chi connectivity index (χ4n) is 18.2. The number of halogens is 3. The Morgan fingerprint density at radius 2 is 0.742 bits per heavy atom. The van der Waals surface area contributed by atoms with Crippen LogP contribution in [0.25, 0.3) is 66.5 Å². The molecule has 0 bridgehead atoms. The molecule has 3 aromatic carbocycles. The van der Waals surface area contributed by atoms with Crippen LogP contribution in [0.3, 0.4) is 0 Å². The maximum atomic E-state index is 15.3. The minimum atomic E-state index is -3.37. The smallest absolute Gasteiger partial charge is 0.226 e. The highest BCUT2D eigenvalue weighted by molar-refractivity contribution is 7.90. The molecule has 0 amide bonds. The van der Waals surface area contributed by atoms with E-state index < -0.39 is 52.6 Å². The minimum absolute atomic E-state index is 0. The predicted molar refractivity (Wildman–Crippen MR) is 474 cm³/mol. The van der Waals surface area contributed by atoms with Gasteiger partial charge in [-0.25, -0.2) is 83.3 Å². The Bertz CT molecular complexity index is 5640. The molecule has 28 nitrogen and oxygen atoms in total. The number of aliphatic hydroxyl groups is 1. The van der Waals surface area contributed by atoms with Crippen LogP contribution < -0.4 is 43.1 Å². The first-order valence-corrected chi connectivity index (χ1v) is 49.3. The van der Waals surface area contributed by atoms with E-state index in [1.807, 2.05) is 0 Å². The standard InChI is InChI=1S/C32H42FN5O4S.C29H36FN5O5S.C28H35FN4O5S.CH4/c1-41-31-23(21-43(2,39)40)17-22(20-34-31)29-27-18-24(33)19-28(30(27)36-32(35-29)38-15-7-4-8-16-38)42-26-11-9-25(10-12-26)37-13-5-3-6-14-37;1-38-28-20(18-41(2,36)37)12-19(15-31-28)26-24-13-21(30)14-25(27(24)33-29(32-26)34-8-4-3-5-9-34)40-23-16-35(17-23)22-6-10-39-11-7-22;1-28(2,34)19-11-21(12-19)38-23-14-20(29)13-22-24(31-27(32-25(22)23)33-8-6-5-7-9-33)17-10-18(16-39(4,35)36)26(37-3)30-15-17;/h17-20,25-26H,3-16,21H2,1-2H3;12-15,22-23H,3-11,16-18H2,1-2H3;10,13-15,19,21,34H,5-9,11-12,16H2,1-4H3;1H4. The zero-order valence-corrected chi connectivity index (χ0v) is 74.0. The van der Waals surface area contributed by atoms with Gasteiger partial charge in [0.15, 0.2) is 29.5 Å². The molecule has 0 unspecified atom stereocenters. The lowest BCUT2D eigenvalue weighted by Gasteiger charge is -2.45. The van der Waals surface area contributed by atoms with Gasteiger partial charge in [0.2, 0.25) is 35.5 Å². The van der Waals surface area contributed by atoms with Crippen molar-refractivity contribution in [1.29, 1.82) is 0 Å². The van der Waals surface area contributed by atoms with Gasteiger partial charge in [-0.05, 0) is 191 Å². The number of sulfone groups is 3. The molecule has 8 fully saturated rings. The normalized spacial score (nSPS) is 20.4. The highest BCUT2D eigenvalue weighted by atomic mass is 32.2. The molecule has 12 heterocycles. The fraction of sp³-hybridized carbons (Fsp3) is 0.567. The lowest BCUT2D eigenvalue weighted by Crippen LogP contribution is -2.58. The maximum absolute atomic E-state index is 15.3. The van der Waals surface area contributed by atoms with Crippen LogP contribution in [0.1, 0.15) is 166 Å². The van der Waals surface area contributed by atoms with Crippen LogP contribution in [0.5, 0.6) is 34.9 Å². The second-order valence-corrected chi connectivity index (χ2v) is 41.2. The number of anilines is 3. The molecule has 0 spiro atoms. The van der Waals surface area contributed by atoms with Gasteiger partial charge in [-0.2, -0.15) is 0 Å². The molecule has 124 heavy (non-hydrogen) atoms. The first kappa shape index (κ1) is 91.0. The van der Waals surface area contributed by atoms with Gasteiger partial charge < -0.3 is 57.9 Å². The summed E-state index contributed by atoms with van der Waals surface area (Å²) < 4.78 is 159. The second kappa shape index (κ2) is 39.4. The Kier molecular flexibility index (Phi) is 28.9. The first-order chi connectivity index (χ1) is 58.9. The summed E-state index contributed by atoms with van der Waals surface area (Å²) in [7, 11) is -5.76. The Labute approximate surface area is 725 Å². The van der Waals surface area contributed by atoms with Gasteiger partial charge in [0.25, 0.3) is 0 Å². The van der Waals surface area contributed by atoms with Crippen molar-refractivity contribution in [2.45, 2.75) is 203 Å². The molecule has 34 heteroatoms. The number of rotatable bonds is 24. The quantitative estimate of drug-likeness (QED) is 0.0587. The van der Waals surface area contributed by atoms with Crippen LogP contribution in [0.15, 0.2) is 73.2 Å². The second-order valence-electron chi connectivity index (χ2n) is 34.8. The Morgan fingerprint density at radius 3 is 1.07 bits per heavy atom. The molecule has 0 atom stereocenters. The Morgan fingerprint density at radius 1 is 0.419 bits per heavy atom. The van der Waals surface area contributed by atoms with E-state index in [0.29, 0.717) is 143 Å². The third-order valence-corrected chi connectivity index (χ3v) is 27.1. The number of nitrogens with zero attached hydrogens (tertiary/aromatic N) is 14. The molecule has 6 aromatic heterocycles. The van der Waals surface area contributed by atoms with Crippen LogP contribution in [-0.2, 0) is 51.5 Å². The minimum Gasteiger partial charge on any atom is -0.488 e. The van der Waals surface area contributed by atoms with Crippen LogP contribution >= 0.6 is 0 Å². The average molecular weight is 1770 g/mol. The van der Waals surface area contributed by atoms with Crippen molar-refractivity contribution in [3.05, 3.63) is 107 Å². The topological polar surface area (TPSA) is 319 Å². The summed E-state index contributed by atoms with van der Waals surface area (Å²) in [6, 6.07) is 14.6. The molecule has 8 aliphatic rings. The van der Waals surface area contributed by atoms with Crippen LogP contribution in [0.4, 0.5) is 31.0 Å². The Balaban J connectivity index is 0.000000151. The summed E-state index contributed by atoms with van der Waals surface area (Å²) in [6.07, 6.45) is 28.9. The van der Waals surface area contributed by atoms with Gasteiger partial charge in [-0.15, -0.1) is 0 Å². The SMILES string of the molecule is C.COc1ncc(-c2nc(N3CCCCC3)nc3c(OC4CC(C(C)(C)O)C4)cc(F)cc23)cc1CS(C)(=O)=O.COc1ncc(-c2nc(N3CCCCC3)nc3c(OC4CCC(N5CCCCC5)CC4)cc(F)cc23)cc1CS(C)(=O)=O.COc1ncc(-c2nc(N3CCCCC3)nc3c(OC4CN(C5CCOCC5)C4)cc(F)cc23)cc1CS(C)(=O)=O. The fourth-order valence-corrected chi connectivity index (χ4v) is 20.5. The Hall–Kier alpha value is -9.19. The molecule has 2 aliphatic carbocycles. The van der Waals surface area contributed by atoms with Crippen molar-refractivity contribution < 1.29 is 76.7 Å². The summed E-state index contributed by atoms with van der Waals surface area (Å²) >= 11 is 0. The van der Waals surface area contributed by atoms with Crippen LogP contribution in [0.2, 0.25) is 0 Å². The summed E-state index contributed by atoms with van der Waals surface area (Å²) in [5.41, 5.74) is 5.07. The van der Waals surface area contributed by atoms with Gasteiger partial charge in [0, 0.05) is 183 Å². The number of fused-ring (bicyclic) bond motifs is 3. The number of hydrogen-bond acceptors (Lipinski definition) is 28. The summed E-state index contributed by atoms with van der Waals surface area (Å²) in [5, 5.41) is 11.8. The van der Waals surface area contributed by atoms with Crippen molar-refractivity contribution in [1.82, 2.24) is 54.7 Å². The largest absolute Gasteiger partial charge is 0.488 e. The zero-order chi connectivity index (χ0) is 86.5. The number of pyridine rings is 3. The van der Waals surface area contributed by atoms with Crippen molar-refractivity contribution in [2.75, 3.05) is 133 Å². The van der Waals surface area contributed by atoms with Crippen molar-refractivity contribution in [3.63, 3.8) is 0 Å². The molecule has 0 radical (unpaired) electrons. The number of aromatic nitrogens is 9. The molecule has 6 saturated heterocycles. The molecule has 6 aliphatic heterocycles. The van der Waals surface area contributed by atoms with Crippen LogP contribution in [0, 0.1) is 23.4 Å². The lowest BCUT2D eigenvalue weighted by molar-refractivity contribution is -0.0670. The van der Waals surface area contributed by atoms with Gasteiger partial charge in [-0.3, -0.25) is 4.90 Å². The van der Waals surface area contributed by atoms with Crippen molar-refractivity contribution >= 4 is 80.1 Å². The summed E-state index contributed by atoms with van der Waals surface area (Å²) in [4.78, 5) is 54.0. The monoisotopic (exact) mass is 1770 g/mol. The molecular weight excluding hydrogens is 1650 g/mol. The van der Waals surface area contributed by atoms with E-state index in [0.717, 1.165) is 174 Å². The van der Waals surface area contributed by atoms with Gasteiger partial charge in [-0.1, -0.05) is 13.8 Å². The van der Waals surface area contributed by atoms with Gasteiger partial charge in [0.1, 0.15) is 57.4 Å². The van der Waals surface area contributed by atoms with E-state index in [4.69, 9.17) is 63.1 Å². The lowest BCUT2D eigenvalue weighted by atomic mass is 9.72. The number of hydrogen-bond donors (Lipinski definition) is 1. The zero-order valence-electron chi connectivity index (χ0n) is 71.5. The van der Waals surface area contributed by atoms with E-state index in [9.17, 15) is 30.4 Å². The number of likely N-dealkylation sites (tertiary alicyclic amines) is 2. The predicted octanol–water partition coefficient (Wildman–Crippen LogP) is 14.1. The van der Waals surface area contributed by atoms with E-state index in [2.05, 4.69) is 39.5 Å². The number of ether oxygens (including phenoxy) is 7. The third kappa shape index (κ3) is 22.4. The van der Waals surface area contributed by atoms with Crippen molar-refractivity contribution in [2.24, 2.45) is 5.92 Å². The van der Waals surface area contributed by atoms with Gasteiger partial charge >= 0.3 is 0 Å². The van der Waals surface area contributed by atoms with E-state index in [1.165, 1.54) is 96.3 Å². The van der Waals surface area contributed by atoms with E-state index in [1.54, 1.807) is 50.6 Å².